The maximum atomic E-state index is 12.9. The molecule has 1 fully saturated rings. The Bertz CT molecular complexity index is 1210. The lowest BCUT2D eigenvalue weighted by molar-refractivity contribution is -0.129. The molecule has 0 bridgehead atoms. The number of thiazole rings is 1. The highest BCUT2D eigenvalue weighted by Gasteiger charge is 2.43. The van der Waals surface area contributed by atoms with E-state index in [9.17, 15) is 19.8 Å². The molecule has 1 heterocycles. The first-order valence-corrected chi connectivity index (χ1v) is 16.9. The van der Waals surface area contributed by atoms with E-state index in [1.165, 1.54) is 35.2 Å². The van der Waals surface area contributed by atoms with Crippen molar-refractivity contribution in [3.05, 3.63) is 23.2 Å². The average Bonchev–Trinajstić information content (AvgIpc) is 3.39. The molecule has 8 nitrogen and oxygen atoms in total. The van der Waals surface area contributed by atoms with E-state index >= 15 is 0 Å². The normalized spacial score (nSPS) is 19.5. The molecule has 3 unspecified atom stereocenters. The first-order valence-electron chi connectivity index (χ1n) is 15.2. The predicted molar refractivity (Wildman–Crippen MR) is 170 cm³/mol. The Labute approximate surface area is 259 Å². The van der Waals surface area contributed by atoms with Gasteiger partial charge in [-0.15, -0.1) is 11.3 Å². The van der Waals surface area contributed by atoms with E-state index in [-0.39, 0.29) is 59.0 Å². The minimum atomic E-state index is -0.375. The van der Waals surface area contributed by atoms with Gasteiger partial charge in [0, 0.05) is 18.0 Å². The van der Waals surface area contributed by atoms with Crippen LogP contribution in [0, 0.1) is 22.7 Å². The van der Waals surface area contributed by atoms with E-state index in [4.69, 9.17) is 4.74 Å². The van der Waals surface area contributed by atoms with E-state index < -0.39 is 0 Å². The number of benzene rings is 1. The minimum Gasteiger partial charge on any atom is -0.507 e. The highest BCUT2D eigenvalue weighted by Crippen LogP contribution is 2.49. The maximum Gasteiger partial charge on any atom is 0.250 e. The summed E-state index contributed by atoms with van der Waals surface area (Å²) in [6.07, 6.45) is 6.34. The van der Waals surface area contributed by atoms with Crippen LogP contribution in [0.1, 0.15) is 92.7 Å². The molecular formula is C32H49N3O5S2. The van der Waals surface area contributed by atoms with Crippen molar-refractivity contribution in [3.8, 4) is 11.5 Å². The number of amides is 2. The Morgan fingerprint density at radius 1 is 1.05 bits per heavy atom. The quantitative estimate of drug-likeness (QED) is 0.129. The van der Waals surface area contributed by atoms with Crippen LogP contribution in [0.15, 0.2) is 26.7 Å². The van der Waals surface area contributed by atoms with E-state index in [1.807, 2.05) is 12.3 Å². The number of ether oxygens (including phenoxy) is 1. The zero-order valence-corrected chi connectivity index (χ0v) is 27.8. The smallest absolute Gasteiger partial charge is 0.250 e. The Morgan fingerprint density at radius 2 is 1.76 bits per heavy atom. The lowest BCUT2D eigenvalue weighted by atomic mass is 9.60. The lowest BCUT2D eigenvalue weighted by Crippen LogP contribution is -2.44. The third-order valence-electron chi connectivity index (χ3n) is 9.14. The van der Waals surface area contributed by atoms with Crippen LogP contribution in [0.4, 0.5) is 5.69 Å². The van der Waals surface area contributed by atoms with Crippen molar-refractivity contribution in [2.75, 3.05) is 18.5 Å². The highest BCUT2D eigenvalue weighted by atomic mass is 32.2. The fourth-order valence-electron chi connectivity index (χ4n) is 5.54. The summed E-state index contributed by atoms with van der Waals surface area (Å²) < 4.78 is 6.87. The van der Waals surface area contributed by atoms with Crippen LogP contribution in [0.25, 0.3) is 0 Å². The number of nitrogens with one attached hydrogen (secondary N) is 2. The van der Waals surface area contributed by atoms with Crippen molar-refractivity contribution in [3.63, 3.8) is 0 Å². The topological polar surface area (TPSA) is 121 Å². The number of hydrogen-bond acceptors (Lipinski definition) is 8. The summed E-state index contributed by atoms with van der Waals surface area (Å²) >= 11 is 2.55. The number of nitrogens with zero attached hydrogens (tertiary/aromatic N) is 1. The fraction of sp³-hybridized carbons (Fsp3) is 0.656. The van der Waals surface area contributed by atoms with Gasteiger partial charge in [0.1, 0.15) is 18.1 Å². The summed E-state index contributed by atoms with van der Waals surface area (Å²) in [5.41, 5.74) is 1.15. The van der Waals surface area contributed by atoms with Gasteiger partial charge in [0.15, 0.2) is 4.34 Å². The van der Waals surface area contributed by atoms with Crippen molar-refractivity contribution >= 4 is 40.6 Å². The molecule has 1 aromatic carbocycles. The number of aromatic hydroxyl groups is 2. The number of phenolic OH excluding ortho intramolecular Hbond substituents is 2. The molecular weight excluding hydrogens is 571 g/mol. The Morgan fingerprint density at radius 3 is 2.43 bits per heavy atom. The Kier molecular flexibility index (Phi) is 12.2. The first kappa shape index (κ1) is 34.2. The number of phenols is 2. The molecule has 42 heavy (non-hydrogen) atoms. The van der Waals surface area contributed by atoms with Crippen molar-refractivity contribution in [2.24, 2.45) is 22.7 Å². The van der Waals surface area contributed by atoms with Crippen molar-refractivity contribution in [1.29, 1.82) is 0 Å². The van der Waals surface area contributed by atoms with Crippen LogP contribution in [0.5, 0.6) is 11.5 Å². The lowest BCUT2D eigenvalue weighted by Gasteiger charge is -2.48. The zero-order chi connectivity index (χ0) is 31.1. The van der Waals surface area contributed by atoms with Crippen molar-refractivity contribution in [1.82, 2.24) is 10.3 Å². The third kappa shape index (κ3) is 9.10. The molecule has 1 saturated carbocycles. The standard InChI is InChI=1S/C32H49N3O5S2/c1-8-13-33-28(38)15-21-19-41-30(34-21)42-27-17-24(36)23(16-25(27)37)35-29(39)18-40-26-12-11-20(31(4,5)9-2)14-22(26)32(6,7)10-3/h16-17,19-20,22,26,36-37H,8-15,18H2,1-7H3,(H,33,38)(H,35,39). The van der Waals surface area contributed by atoms with Gasteiger partial charge in [-0.05, 0) is 54.4 Å². The zero-order valence-electron chi connectivity index (χ0n) is 26.2. The van der Waals surface area contributed by atoms with E-state index in [1.54, 1.807) is 0 Å². The van der Waals surface area contributed by atoms with Crippen LogP contribution in [-0.4, -0.2) is 46.3 Å². The van der Waals surface area contributed by atoms with Crippen LogP contribution < -0.4 is 10.6 Å². The van der Waals surface area contributed by atoms with Gasteiger partial charge in [0.2, 0.25) is 11.8 Å². The number of carbonyl (C=O) groups is 2. The summed E-state index contributed by atoms with van der Waals surface area (Å²) in [6, 6.07) is 2.74. The predicted octanol–water partition coefficient (Wildman–Crippen LogP) is 7.39. The summed E-state index contributed by atoms with van der Waals surface area (Å²) in [6.45, 7) is 16.3. The van der Waals surface area contributed by atoms with E-state index in [0.717, 1.165) is 38.5 Å². The van der Waals surface area contributed by atoms with Crippen LogP contribution >= 0.6 is 23.1 Å². The van der Waals surface area contributed by atoms with Gasteiger partial charge < -0.3 is 25.6 Å². The number of carbonyl (C=O) groups excluding carboxylic acids is 2. The van der Waals surface area contributed by atoms with Gasteiger partial charge in [0.25, 0.3) is 0 Å². The third-order valence-corrected chi connectivity index (χ3v) is 11.2. The van der Waals surface area contributed by atoms with Crippen LogP contribution in [0.3, 0.4) is 0 Å². The molecule has 1 aromatic heterocycles. The SMILES string of the molecule is CCCNC(=O)Cc1csc(Sc2cc(O)c(NC(=O)COC3CCC(C(C)(C)CC)CC3C(C)(C)CC)cc2O)n1. The second-order valence-corrected chi connectivity index (χ2v) is 14.9. The van der Waals surface area contributed by atoms with Gasteiger partial charge in [-0.2, -0.15) is 0 Å². The number of hydrogen-bond donors (Lipinski definition) is 4. The maximum absolute atomic E-state index is 12.9. The average molecular weight is 620 g/mol. The molecule has 2 amide bonds. The molecule has 4 N–H and O–H groups in total. The van der Waals surface area contributed by atoms with Crippen molar-refractivity contribution in [2.45, 2.75) is 109 Å². The Hall–Kier alpha value is -2.30. The fourth-order valence-corrected chi connectivity index (χ4v) is 7.37. The largest absolute Gasteiger partial charge is 0.507 e. The molecule has 3 atom stereocenters. The molecule has 1 aliphatic carbocycles. The van der Waals surface area contributed by atoms with Crippen molar-refractivity contribution < 1.29 is 24.5 Å². The Balaban J connectivity index is 1.60. The number of anilines is 1. The van der Waals surface area contributed by atoms with Gasteiger partial charge in [0.05, 0.1) is 28.8 Å². The summed E-state index contributed by atoms with van der Waals surface area (Å²) in [4.78, 5) is 29.7. The number of aromatic nitrogens is 1. The van der Waals surface area contributed by atoms with Gasteiger partial charge in [-0.3, -0.25) is 9.59 Å². The molecule has 0 aliphatic heterocycles. The summed E-state index contributed by atoms with van der Waals surface area (Å²) in [5, 5.41) is 28.6. The summed E-state index contributed by atoms with van der Waals surface area (Å²) in [5.74, 6) is 0.274. The molecule has 1 aliphatic rings. The molecule has 0 spiro atoms. The van der Waals surface area contributed by atoms with Gasteiger partial charge in [-0.1, -0.05) is 73.1 Å². The molecule has 10 heteroatoms. The van der Waals surface area contributed by atoms with Gasteiger partial charge in [-0.25, -0.2) is 4.98 Å². The summed E-state index contributed by atoms with van der Waals surface area (Å²) in [7, 11) is 0. The first-order chi connectivity index (χ1) is 19.8. The molecule has 3 rings (SSSR count). The molecule has 0 saturated heterocycles. The van der Waals surface area contributed by atoms with Crippen LogP contribution in [0.2, 0.25) is 0 Å². The second kappa shape index (κ2) is 14.9. The van der Waals surface area contributed by atoms with E-state index in [0.29, 0.717) is 33.3 Å². The van der Waals surface area contributed by atoms with Gasteiger partial charge >= 0.3 is 0 Å². The number of rotatable bonds is 14. The second-order valence-electron chi connectivity index (χ2n) is 12.8. The van der Waals surface area contributed by atoms with Crippen LogP contribution in [-0.2, 0) is 20.7 Å². The molecule has 234 valence electrons. The molecule has 0 radical (unpaired) electrons. The van der Waals surface area contributed by atoms with E-state index in [2.05, 4.69) is 57.2 Å². The highest BCUT2D eigenvalue weighted by molar-refractivity contribution is 8.01. The monoisotopic (exact) mass is 619 g/mol. The minimum absolute atomic E-state index is 0.00344. The molecule has 2 aromatic rings.